The van der Waals surface area contributed by atoms with Crippen molar-refractivity contribution in [2.24, 2.45) is 11.8 Å². The summed E-state index contributed by atoms with van der Waals surface area (Å²) in [6.45, 7) is 6.90. The van der Waals surface area contributed by atoms with Crippen LogP contribution in [0.15, 0.2) is 16.9 Å². The summed E-state index contributed by atoms with van der Waals surface area (Å²) in [5.41, 5.74) is -2.80. The van der Waals surface area contributed by atoms with Gasteiger partial charge in [0.1, 0.15) is 4.70 Å². The number of alkyl halides is 3. The Kier molecular flexibility index (Phi) is 6.39. The molecule has 2 aliphatic rings. The molecule has 0 saturated carbocycles. The molecule has 0 bridgehead atoms. The highest BCUT2D eigenvalue weighted by molar-refractivity contribution is 7.22. The van der Waals surface area contributed by atoms with Crippen LogP contribution < -0.4 is 10.5 Å². The number of hydrogen-bond acceptors (Lipinski definition) is 7. The molecule has 0 N–H and O–H groups in total. The van der Waals surface area contributed by atoms with E-state index in [2.05, 4.69) is 16.8 Å². The number of likely N-dealkylation sites (tertiary alicyclic amines) is 1. The first-order valence-corrected chi connectivity index (χ1v) is 11.6. The van der Waals surface area contributed by atoms with Gasteiger partial charge in [0, 0.05) is 32.2 Å². The Labute approximate surface area is 187 Å². The number of halogens is 3. The lowest BCUT2D eigenvalue weighted by Gasteiger charge is -2.37. The molecule has 174 valence electrons. The van der Waals surface area contributed by atoms with E-state index in [9.17, 15) is 28.1 Å². The number of benzene rings is 1. The van der Waals surface area contributed by atoms with Crippen LogP contribution in [0.1, 0.15) is 38.2 Å². The van der Waals surface area contributed by atoms with Gasteiger partial charge in [0.2, 0.25) is 0 Å². The van der Waals surface area contributed by atoms with Gasteiger partial charge in [0.05, 0.1) is 15.9 Å². The first kappa shape index (κ1) is 22.9. The van der Waals surface area contributed by atoms with E-state index in [4.69, 9.17) is 0 Å². The van der Waals surface area contributed by atoms with E-state index < -0.39 is 27.9 Å². The molecule has 32 heavy (non-hydrogen) atoms. The van der Waals surface area contributed by atoms with E-state index in [-0.39, 0.29) is 10.1 Å². The first-order valence-electron chi connectivity index (χ1n) is 10.8. The number of aromatic nitrogens is 1. The fourth-order valence-corrected chi connectivity index (χ4v) is 5.82. The van der Waals surface area contributed by atoms with Crippen molar-refractivity contribution in [2.75, 3.05) is 37.6 Å². The molecule has 2 saturated heterocycles. The number of anilines is 1. The fraction of sp³-hybridized carbons (Fsp3) is 0.619. The van der Waals surface area contributed by atoms with E-state index in [1.807, 2.05) is 4.90 Å². The minimum absolute atomic E-state index is 0.0672. The average Bonchev–Trinajstić information content (AvgIpc) is 2.73. The van der Waals surface area contributed by atoms with Crippen LogP contribution in [-0.4, -0.2) is 47.5 Å². The van der Waals surface area contributed by atoms with Gasteiger partial charge in [-0.2, -0.15) is 18.2 Å². The Hall–Kier alpha value is -2.27. The minimum atomic E-state index is -4.79. The molecule has 2 aromatic rings. The number of nitro groups is 1. The summed E-state index contributed by atoms with van der Waals surface area (Å²) in [7, 11) is 0. The van der Waals surface area contributed by atoms with Gasteiger partial charge >= 0.3 is 6.18 Å². The zero-order chi connectivity index (χ0) is 23.0. The first-order chi connectivity index (χ1) is 15.1. The highest BCUT2D eigenvalue weighted by atomic mass is 32.1. The van der Waals surface area contributed by atoms with Crippen molar-refractivity contribution in [3.8, 4) is 0 Å². The van der Waals surface area contributed by atoms with Crippen LogP contribution in [0.2, 0.25) is 0 Å². The van der Waals surface area contributed by atoms with Crippen molar-refractivity contribution in [1.29, 1.82) is 0 Å². The van der Waals surface area contributed by atoms with Crippen molar-refractivity contribution in [3.05, 3.63) is 38.2 Å². The van der Waals surface area contributed by atoms with Crippen molar-refractivity contribution in [1.82, 2.24) is 9.88 Å². The second-order valence-corrected chi connectivity index (χ2v) is 9.84. The van der Waals surface area contributed by atoms with E-state index in [0.29, 0.717) is 36.3 Å². The van der Waals surface area contributed by atoms with E-state index >= 15 is 0 Å². The number of rotatable bonds is 4. The fourth-order valence-electron chi connectivity index (χ4n) is 4.70. The van der Waals surface area contributed by atoms with Crippen molar-refractivity contribution in [2.45, 2.75) is 38.8 Å². The molecule has 11 heteroatoms. The van der Waals surface area contributed by atoms with Gasteiger partial charge < -0.3 is 9.80 Å². The van der Waals surface area contributed by atoms with Crippen LogP contribution in [-0.2, 0) is 6.18 Å². The Morgan fingerprint density at radius 3 is 2.56 bits per heavy atom. The largest absolute Gasteiger partial charge is 0.416 e. The molecule has 0 spiro atoms. The molecule has 1 unspecified atom stereocenters. The normalized spacial score (nSPS) is 21.2. The molecule has 2 fully saturated rings. The SMILES string of the molecule is CC1CCCN(CC2CCN(c3nc(=O)c4cc(C(F)(F)F)cc([N+](=O)[O-])c4s3)CC2)C1. The van der Waals surface area contributed by atoms with Crippen molar-refractivity contribution < 1.29 is 18.1 Å². The maximum atomic E-state index is 13.1. The van der Waals surface area contributed by atoms with Crippen LogP contribution in [0.25, 0.3) is 10.1 Å². The predicted octanol–water partition coefficient (Wildman–Crippen LogP) is 4.53. The summed E-state index contributed by atoms with van der Waals surface area (Å²) < 4.78 is 39.3. The molecule has 0 radical (unpaired) electrons. The lowest BCUT2D eigenvalue weighted by molar-refractivity contribution is -0.383. The third-order valence-electron chi connectivity index (χ3n) is 6.36. The third kappa shape index (κ3) is 4.88. The highest BCUT2D eigenvalue weighted by Gasteiger charge is 2.34. The number of non-ortho nitro benzene ring substituents is 1. The van der Waals surface area contributed by atoms with Crippen LogP contribution in [0, 0.1) is 22.0 Å². The maximum absolute atomic E-state index is 13.1. The van der Waals surface area contributed by atoms with Gasteiger partial charge in [-0.1, -0.05) is 18.3 Å². The summed E-state index contributed by atoms with van der Waals surface area (Å²) in [6, 6.07) is 1.15. The van der Waals surface area contributed by atoms with E-state index in [0.717, 1.165) is 49.7 Å². The number of piperidine rings is 2. The highest BCUT2D eigenvalue weighted by Crippen LogP contribution is 2.38. The summed E-state index contributed by atoms with van der Waals surface area (Å²) in [6.07, 6.45) is -0.452. The molecule has 0 aliphatic carbocycles. The summed E-state index contributed by atoms with van der Waals surface area (Å²) in [4.78, 5) is 31.5. The van der Waals surface area contributed by atoms with Gasteiger partial charge in [0.25, 0.3) is 11.2 Å². The molecule has 1 atom stereocenters. The molecule has 7 nitrogen and oxygen atoms in total. The minimum Gasteiger partial charge on any atom is -0.348 e. The quantitative estimate of drug-likeness (QED) is 0.483. The number of fused-ring (bicyclic) bond motifs is 1. The molecule has 1 aromatic carbocycles. The molecule has 0 amide bonds. The monoisotopic (exact) mass is 470 g/mol. The Morgan fingerprint density at radius 2 is 1.94 bits per heavy atom. The van der Waals surface area contributed by atoms with Gasteiger partial charge in [-0.25, -0.2) is 0 Å². The average molecular weight is 471 g/mol. The van der Waals surface area contributed by atoms with Gasteiger partial charge in [-0.15, -0.1) is 0 Å². The number of nitrogens with zero attached hydrogens (tertiary/aromatic N) is 4. The molecule has 4 rings (SSSR count). The van der Waals surface area contributed by atoms with Crippen LogP contribution >= 0.6 is 11.3 Å². The Bertz CT molecular complexity index is 1070. The smallest absolute Gasteiger partial charge is 0.348 e. The standard InChI is InChI=1S/C21H25F3N4O3S/c1-13-3-2-6-26(11-13)12-14-4-7-27(8-5-14)20-25-19(29)16-9-15(21(22,23)24)10-17(28(30)31)18(16)32-20/h9-10,13-14H,2-8,11-12H2,1H3. The molecule has 2 aliphatic heterocycles. The molecular weight excluding hydrogens is 445 g/mol. The van der Waals surface area contributed by atoms with E-state index in [1.54, 1.807) is 0 Å². The third-order valence-corrected chi connectivity index (χ3v) is 7.52. The number of nitro benzene ring substituents is 1. The Balaban J connectivity index is 1.55. The zero-order valence-electron chi connectivity index (χ0n) is 17.7. The summed E-state index contributed by atoms with van der Waals surface area (Å²) in [5.74, 6) is 1.26. The summed E-state index contributed by atoms with van der Waals surface area (Å²) >= 11 is 0.914. The van der Waals surface area contributed by atoms with Gasteiger partial charge in [-0.05, 0) is 50.1 Å². The van der Waals surface area contributed by atoms with Crippen molar-refractivity contribution >= 4 is 32.2 Å². The second kappa shape index (κ2) is 8.93. The van der Waals surface area contributed by atoms with Gasteiger partial charge in [0.15, 0.2) is 5.13 Å². The summed E-state index contributed by atoms with van der Waals surface area (Å²) in [5, 5.41) is 11.4. The molecule has 1 aromatic heterocycles. The topological polar surface area (TPSA) is 79.6 Å². The van der Waals surface area contributed by atoms with Crippen LogP contribution in [0.5, 0.6) is 0 Å². The Morgan fingerprint density at radius 1 is 1.22 bits per heavy atom. The lowest BCUT2D eigenvalue weighted by atomic mass is 9.94. The number of hydrogen-bond donors (Lipinski definition) is 0. The second-order valence-electron chi connectivity index (χ2n) is 8.87. The lowest BCUT2D eigenvalue weighted by Crippen LogP contribution is -2.42. The maximum Gasteiger partial charge on any atom is 0.416 e. The van der Waals surface area contributed by atoms with Crippen LogP contribution in [0.3, 0.4) is 0 Å². The van der Waals surface area contributed by atoms with E-state index in [1.165, 1.54) is 12.8 Å². The molecular formula is C21H25F3N4O3S. The van der Waals surface area contributed by atoms with Gasteiger partial charge in [-0.3, -0.25) is 14.9 Å². The van der Waals surface area contributed by atoms with Crippen molar-refractivity contribution in [3.63, 3.8) is 0 Å². The molecule has 3 heterocycles. The predicted molar refractivity (Wildman–Crippen MR) is 117 cm³/mol. The van der Waals surface area contributed by atoms with Crippen LogP contribution in [0.4, 0.5) is 24.0 Å². The zero-order valence-corrected chi connectivity index (χ0v) is 18.5.